The molecule has 0 spiro atoms. The van der Waals surface area contributed by atoms with Gasteiger partial charge in [0.25, 0.3) is 0 Å². The third-order valence-electron chi connectivity index (χ3n) is 3.66. The van der Waals surface area contributed by atoms with Crippen LogP contribution in [0.5, 0.6) is 0 Å². The molecule has 1 saturated carbocycles. The van der Waals surface area contributed by atoms with Gasteiger partial charge in [-0.1, -0.05) is 20.3 Å². The van der Waals surface area contributed by atoms with E-state index in [0.29, 0.717) is 19.4 Å². The molecule has 1 aliphatic carbocycles. The number of nitrogens with zero attached hydrogens (tertiary/aromatic N) is 1. The van der Waals surface area contributed by atoms with E-state index in [1.807, 2.05) is 14.1 Å². The average Bonchev–Trinajstić information content (AvgIpc) is 2.73. The van der Waals surface area contributed by atoms with Crippen LogP contribution in [0, 0.1) is 17.3 Å². The van der Waals surface area contributed by atoms with Gasteiger partial charge in [-0.05, 0) is 32.4 Å². The molecular weight excluding hydrogens is 244 g/mol. The summed E-state index contributed by atoms with van der Waals surface area (Å²) < 4.78 is 0. The van der Waals surface area contributed by atoms with Crippen molar-refractivity contribution in [2.75, 3.05) is 27.2 Å². The minimum atomic E-state index is -0.842. The first-order chi connectivity index (χ1) is 8.73. The number of aliphatic carboxylic acids is 1. The van der Waals surface area contributed by atoms with E-state index in [2.05, 4.69) is 24.1 Å². The van der Waals surface area contributed by atoms with Crippen molar-refractivity contribution in [1.29, 1.82) is 0 Å². The van der Waals surface area contributed by atoms with Crippen molar-refractivity contribution in [3.05, 3.63) is 0 Å². The molecular formula is C14H26N2O3. The first-order valence-corrected chi connectivity index (χ1v) is 6.88. The van der Waals surface area contributed by atoms with Crippen molar-refractivity contribution in [3.8, 4) is 0 Å². The van der Waals surface area contributed by atoms with Crippen molar-refractivity contribution >= 4 is 11.9 Å². The Bertz CT molecular complexity index is 340. The molecule has 0 heterocycles. The summed E-state index contributed by atoms with van der Waals surface area (Å²) in [7, 11) is 4.00. The molecule has 0 saturated heterocycles. The summed E-state index contributed by atoms with van der Waals surface area (Å²) in [4.78, 5) is 25.3. The molecule has 110 valence electrons. The number of carboxylic acids is 1. The van der Waals surface area contributed by atoms with Gasteiger partial charge in [0, 0.05) is 13.1 Å². The molecule has 1 rings (SSSR count). The SMILES string of the molecule is CN(C)CC(C)(C)CNC(=O)[C@@H]1CCC[C@@H]1C(=O)O. The second kappa shape index (κ2) is 6.37. The third-order valence-corrected chi connectivity index (χ3v) is 3.66. The number of rotatable bonds is 6. The van der Waals surface area contributed by atoms with Gasteiger partial charge in [0.2, 0.25) is 5.91 Å². The lowest BCUT2D eigenvalue weighted by Crippen LogP contribution is -2.43. The number of carboxylic acid groups (broad SMARTS) is 1. The lowest BCUT2D eigenvalue weighted by molar-refractivity contribution is -0.146. The van der Waals surface area contributed by atoms with Gasteiger partial charge >= 0.3 is 5.97 Å². The van der Waals surface area contributed by atoms with Gasteiger partial charge in [0.1, 0.15) is 0 Å². The minimum Gasteiger partial charge on any atom is -0.481 e. The molecule has 19 heavy (non-hydrogen) atoms. The van der Waals surface area contributed by atoms with Crippen LogP contribution in [0.25, 0.3) is 0 Å². The van der Waals surface area contributed by atoms with Crippen LogP contribution in [0.3, 0.4) is 0 Å². The normalized spacial score (nSPS) is 23.6. The monoisotopic (exact) mass is 270 g/mol. The van der Waals surface area contributed by atoms with E-state index in [4.69, 9.17) is 5.11 Å². The fourth-order valence-electron chi connectivity index (χ4n) is 2.94. The highest BCUT2D eigenvalue weighted by Crippen LogP contribution is 2.32. The summed E-state index contributed by atoms with van der Waals surface area (Å²) >= 11 is 0. The maximum absolute atomic E-state index is 12.1. The van der Waals surface area contributed by atoms with Crippen LogP contribution in [0.2, 0.25) is 0 Å². The molecule has 2 atom stereocenters. The van der Waals surface area contributed by atoms with E-state index in [1.54, 1.807) is 0 Å². The highest BCUT2D eigenvalue weighted by molar-refractivity contribution is 5.85. The predicted octanol–water partition coefficient (Wildman–Crippen LogP) is 1.19. The summed E-state index contributed by atoms with van der Waals surface area (Å²) in [5.74, 6) is -1.80. The maximum atomic E-state index is 12.1. The average molecular weight is 270 g/mol. The summed E-state index contributed by atoms with van der Waals surface area (Å²) in [6.07, 6.45) is 2.14. The minimum absolute atomic E-state index is 0.0174. The molecule has 5 nitrogen and oxygen atoms in total. The molecule has 0 aromatic rings. The maximum Gasteiger partial charge on any atom is 0.307 e. The number of hydrogen-bond acceptors (Lipinski definition) is 3. The Labute approximate surface area is 115 Å². The fraction of sp³-hybridized carbons (Fsp3) is 0.857. The Balaban J connectivity index is 2.49. The van der Waals surface area contributed by atoms with Crippen LogP contribution in [0.4, 0.5) is 0 Å². The zero-order valence-corrected chi connectivity index (χ0v) is 12.4. The van der Waals surface area contributed by atoms with E-state index in [1.165, 1.54) is 0 Å². The van der Waals surface area contributed by atoms with E-state index in [-0.39, 0.29) is 17.2 Å². The molecule has 5 heteroatoms. The van der Waals surface area contributed by atoms with Gasteiger partial charge in [-0.3, -0.25) is 9.59 Å². The molecule has 1 fully saturated rings. The van der Waals surface area contributed by atoms with Gasteiger partial charge in [0.15, 0.2) is 0 Å². The van der Waals surface area contributed by atoms with Crippen LogP contribution in [-0.4, -0.2) is 49.1 Å². The summed E-state index contributed by atoms with van der Waals surface area (Å²) in [5, 5.41) is 12.0. The molecule has 0 aliphatic heterocycles. The topological polar surface area (TPSA) is 69.6 Å². The first-order valence-electron chi connectivity index (χ1n) is 6.88. The largest absolute Gasteiger partial charge is 0.481 e. The second-order valence-corrected chi connectivity index (χ2v) is 6.60. The number of nitrogens with one attached hydrogen (secondary N) is 1. The molecule has 0 radical (unpaired) electrons. The zero-order chi connectivity index (χ0) is 14.6. The molecule has 0 aromatic heterocycles. The lowest BCUT2D eigenvalue weighted by atomic mass is 9.91. The van der Waals surface area contributed by atoms with Crippen LogP contribution >= 0.6 is 0 Å². The Morgan fingerprint density at radius 1 is 1.26 bits per heavy atom. The highest BCUT2D eigenvalue weighted by Gasteiger charge is 2.38. The van der Waals surface area contributed by atoms with Crippen LogP contribution in [-0.2, 0) is 9.59 Å². The smallest absolute Gasteiger partial charge is 0.307 e. The van der Waals surface area contributed by atoms with Gasteiger partial charge < -0.3 is 15.3 Å². The fourth-order valence-corrected chi connectivity index (χ4v) is 2.94. The van der Waals surface area contributed by atoms with E-state index < -0.39 is 11.9 Å². The second-order valence-electron chi connectivity index (χ2n) is 6.60. The summed E-state index contributed by atoms with van der Waals surface area (Å²) in [6, 6.07) is 0. The van der Waals surface area contributed by atoms with Gasteiger partial charge in [0.05, 0.1) is 11.8 Å². The van der Waals surface area contributed by atoms with Crippen LogP contribution in [0.1, 0.15) is 33.1 Å². The highest BCUT2D eigenvalue weighted by atomic mass is 16.4. The standard InChI is InChI=1S/C14H26N2O3/c1-14(2,9-16(3)4)8-15-12(17)10-6-5-7-11(10)13(18)19/h10-11H,5-9H2,1-4H3,(H,15,17)(H,18,19)/t10-,11+/m1/s1. The molecule has 0 bridgehead atoms. The van der Waals surface area contributed by atoms with Crippen molar-refractivity contribution in [3.63, 3.8) is 0 Å². The van der Waals surface area contributed by atoms with Crippen LogP contribution in [0.15, 0.2) is 0 Å². The summed E-state index contributed by atoms with van der Waals surface area (Å²) in [6.45, 7) is 5.64. The van der Waals surface area contributed by atoms with E-state index >= 15 is 0 Å². The van der Waals surface area contributed by atoms with Crippen LogP contribution < -0.4 is 5.32 Å². The molecule has 0 unspecified atom stereocenters. The molecule has 0 aromatic carbocycles. The first kappa shape index (κ1) is 16.0. The zero-order valence-electron chi connectivity index (χ0n) is 12.4. The Morgan fingerprint density at radius 2 is 1.84 bits per heavy atom. The third kappa shape index (κ3) is 4.82. The van der Waals surface area contributed by atoms with Crippen molar-refractivity contribution in [2.45, 2.75) is 33.1 Å². The molecule has 1 amide bonds. The van der Waals surface area contributed by atoms with E-state index in [9.17, 15) is 9.59 Å². The van der Waals surface area contributed by atoms with Gasteiger partial charge in [-0.2, -0.15) is 0 Å². The number of carbonyl (C=O) groups is 2. The molecule has 2 N–H and O–H groups in total. The number of carbonyl (C=O) groups excluding carboxylic acids is 1. The molecule has 1 aliphatic rings. The van der Waals surface area contributed by atoms with Gasteiger partial charge in [-0.25, -0.2) is 0 Å². The Kier molecular flexibility index (Phi) is 5.35. The number of hydrogen-bond donors (Lipinski definition) is 2. The Morgan fingerprint density at radius 3 is 2.37 bits per heavy atom. The van der Waals surface area contributed by atoms with E-state index in [0.717, 1.165) is 13.0 Å². The van der Waals surface area contributed by atoms with Crippen molar-refractivity contribution in [2.24, 2.45) is 17.3 Å². The predicted molar refractivity (Wildman–Crippen MR) is 73.8 cm³/mol. The van der Waals surface area contributed by atoms with Crippen molar-refractivity contribution < 1.29 is 14.7 Å². The summed E-state index contributed by atoms with van der Waals surface area (Å²) in [5.41, 5.74) is -0.0174. The lowest BCUT2D eigenvalue weighted by Gasteiger charge is -2.29. The quantitative estimate of drug-likeness (QED) is 0.760. The van der Waals surface area contributed by atoms with Gasteiger partial charge in [-0.15, -0.1) is 0 Å². The number of amides is 1. The Hall–Kier alpha value is -1.10. The van der Waals surface area contributed by atoms with Crippen molar-refractivity contribution in [1.82, 2.24) is 10.2 Å².